The summed E-state index contributed by atoms with van der Waals surface area (Å²) in [6.07, 6.45) is 1.17. The van der Waals surface area contributed by atoms with Crippen LogP contribution in [0, 0.1) is 10.1 Å². The number of amides is 1. The van der Waals surface area contributed by atoms with Gasteiger partial charge in [-0.25, -0.2) is 0 Å². The second kappa shape index (κ2) is 9.02. The number of nitro benzene ring substituents is 1. The lowest BCUT2D eigenvalue weighted by Gasteiger charge is -2.36. The van der Waals surface area contributed by atoms with Crippen molar-refractivity contribution in [2.24, 2.45) is 0 Å². The van der Waals surface area contributed by atoms with E-state index >= 15 is 0 Å². The number of carbonyl (C=O) groups is 1. The molecule has 0 saturated carbocycles. The monoisotopic (exact) mass is 369 g/mol. The second-order valence-electron chi connectivity index (χ2n) is 6.41. The molecule has 0 aliphatic carbocycles. The van der Waals surface area contributed by atoms with Crippen LogP contribution in [0.4, 0.5) is 11.4 Å². The maximum Gasteiger partial charge on any atom is 0.269 e. The number of ether oxygens (including phenoxy) is 1. The van der Waals surface area contributed by atoms with Gasteiger partial charge in [0.2, 0.25) is 5.91 Å². The molecule has 0 spiro atoms. The molecule has 0 aromatic heterocycles. The Balaban J connectivity index is 1.39. The molecule has 7 heteroatoms. The molecule has 0 unspecified atom stereocenters. The molecule has 0 radical (unpaired) electrons. The second-order valence-corrected chi connectivity index (χ2v) is 6.41. The van der Waals surface area contributed by atoms with Crippen molar-refractivity contribution in [3.63, 3.8) is 0 Å². The van der Waals surface area contributed by atoms with Crippen LogP contribution >= 0.6 is 0 Å². The average Bonchev–Trinajstić information content (AvgIpc) is 2.72. The Morgan fingerprint density at radius 3 is 2.30 bits per heavy atom. The Hall–Kier alpha value is -3.09. The number of rotatable bonds is 7. The van der Waals surface area contributed by atoms with Gasteiger partial charge in [0.25, 0.3) is 5.69 Å². The first-order chi connectivity index (χ1) is 13.1. The van der Waals surface area contributed by atoms with Crippen molar-refractivity contribution < 1.29 is 14.5 Å². The summed E-state index contributed by atoms with van der Waals surface area (Å²) in [5, 5.41) is 10.7. The number of nitrogens with zero attached hydrogens (tertiary/aromatic N) is 3. The standard InChI is InChI=1S/C20H23N3O4/c24-20(7-4-16-27-19-5-2-1-3-6-19)22-14-12-21(13-15-22)17-8-10-18(11-9-17)23(25)26/h1-3,5-6,8-11H,4,7,12-16H2. The largest absolute Gasteiger partial charge is 0.494 e. The van der Waals surface area contributed by atoms with Crippen molar-refractivity contribution in [1.29, 1.82) is 0 Å². The fraction of sp³-hybridized carbons (Fsp3) is 0.350. The number of non-ortho nitro benzene ring substituents is 1. The summed E-state index contributed by atoms with van der Waals surface area (Å²) < 4.78 is 5.62. The maximum atomic E-state index is 12.3. The van der Waals surface area contributed by atoms with Crippen molar-refractivity contribution in [1.82, 2.24) is 4.90 Å². The smallest absolute Gasteiger partial charge is 0.269 e. The molecule has 1 saturated heterocycles. The van der Waals surface area contributed by atoms with E-state index in [9.17, 15) is 14.9 Å². The zero-order valence-corrected chi connectivity index (χ0v) is 15.1. The molecular formula is C20H23N3O4. The number of carbonyl (C=O) groups excluding carboxylic acids is 1. The van der Waals surface area contributed by atoms with Crippen molar-refractivity contribution in [3.8, 4) is 5.75 Å². The van der Waals surface area contributed by atoms with Crippen LogP contribution in [-0.2, 0) is 4.79 Å². The van der Waals surface area contributed by atoms with Crippen LogP contribution < -0.4 is 9.64 Å². The van der Waals surface area contributed by atoms with Crippen LogP contribution in [0.25, 0.3) is 0 Å². The summed E-state index contributed by atoms with van der Waals surface area (Å²) in [5.74, 6) is 0.969. The van der Waals surface area contributed by atoms with E-state index < -0.39 is 4.92 Å². The summed E-state index contributed by atoms with van der Waals surface area (Å²) >= 11 is 0. The molecule has 1 fully saturated rings. The molecule has 2 aromatic carbocycles. The van der Waals surface area contributed by atoms with Gasteiger partial charge < -0.3 is 14.5 Å². The predicted octanol–water partition coefficient (Wildman–Crippen LogP) is 3.10. The van der Waals surface area contributed by atoms with Gasteiger partial charge in [0.05, 0.1) is 11.5 Å². The average molecular weight is 369 g/mol. The molecule has 0 atom stereocenters. The Bertz CT molecular complexity index is 757. The van der Waals surface area contributed by atoms with Gasteiger partial charge in [-0.2, -0.15) is 0 Å². The lowest BCUT2D eigenvalue weighted by Crippen LogP contribution is -2.48. The first kappa shape index (κ1) is 18.7. The van der Waals surface area contributed by atoms with Crippen LogP contribution in [0.3, 0.4) is 0 Å². The normalized spacial score (nSPS) is 14.1. The minimum atomic E-state index is -0.401. The van der Waals surface area contributed by atoms with E-state index in [-0.39, 0.29) is 11.6 Å². The zero-order chi connectivity index (χ0) is 19.1. The highest BCUT2D eigenvalue weighted by Crippen LogP contribution is 2.21. The van der Waals surface area contributed by atoms with Crippen LogP contribution in [-0.4, -0.2) is 48.5 Å². The van der Waals surface area contributed by atoms with Crippen LogP contribution in [0.15, 0.2) is 54.6 Å². The lowest BCUT2D eigenvalue weighted by molar-refractivity contribution is -0.384. The van der Waals surface area contributed by atoms with Crippen LogP contribution in [0.1, 0.15) is 12.8 Å². The maximum absolute atomic E-state index is 12.3. The summed E-state index contributed by atoms with van der Waals surface area (Å²) in [4.78, 5) is 26.7. The Morgan fingerprint density at radius 1 is 1.00 bits per heavy atom. The number of nitro groups is 1. The van der Waals surface area contributed by atoms with Gasteiger partial charge in [0.1, 0.15) is 5.75 Å². The van der Waals surface area contributed by atoms with Gasteiger partial charge in [-0.1, -0.05) is 18.2 Å². The number of benzene rings is 2. The Labute approximate surface area is 158 Å². The van der Waals surface area contributed by atoms with E-state index in [1.165, 1.54) is 12.1 Å². The first-order valence-corrected chi connectivity index (χ1v) is 9.08. The fourth-order valence-electron chi connectivity index (χ4n) is 3.09. The van der Waals surface area contributed by atoms with Crippen LogP contribution in [0.5, 0.6) is 5.75 Å². The minimum Gasteiger partial charge on any atom is -0.494 e. The summed E-state index contributed by atoms with van der Waals surface area (Å²) in [5.41, 5.74) is 1.04. The molecular weight excluding hydrogens is 346 g/mol. The molecule has 142 valence electrons. The van der Waals surface area contributed by atoms with E-state index in [0.717, 1.165) is 24.5 Å². The SMILES string of the molecule is O=C(CCCOc1ccccc1)N1CCN(c2ccc([N+](=O)[O-])cc2)CC1. The van der Waals surface area contributed by atoms with Gasteiger partial charge in [-0.15, -0.1) is 0 Å². The molecule has 1 heterocycles. The summed E-state index contributed by atoms with van der Waals surface area (Å²) in [6, 6.07) is 16.1. The Morgan fingerprint density at radius 2 is 1.67 bits per heavy atom. The van der Waals surface area contributed by atoms with Gasteiger partial charge in [0.15, 0.2) is 0 Å². The highest BCUT2D eigenvalue weighted by atomic mass is 16.6. The number of piperazine rings is 1. The molecule has 1 aliphatic heterocycles. The third-order valence-electron chi connectivity index (χ3n) is 4.60. The number of anilines is 1. The number of hydrogen-bond donors (Lipinski definition) is 0. The number of hydrogen-bond acceptors (Lipinski definition) is 5. The third-order valence-corrected chi connectivity index (χ3v) is 4.60. The first-order valence-electron chi connectivity index (χ1n) is 9.08. The molecule has 0 N–H and O–H groups in total. The summed E-state index contributed by atoms with van der Waals surface area (Å²) in [6.45, 7) is 3.30. The van der Waals surface area contributed by atoms with E-state index in [1.54, 1.807) is 12.1 Å². The van der Waals surface area contributed by atoms with Crippen molar-refractivity contribution >= 4 is 17.3 Å². The van der Waals surface area contributed by atoms with Crippen molar-refractivity contribution in [2.75, 3.05) is 37.7 Å². The van der Waals surface area contributed by atoms with Gasteiger partial charge in [-0.3, -0.25) is 14.9 Å². The van der Waals surface area contributed by atoms with Crippen molar-refractivity contribution in [3.05, 3.63) is 64.7 Å². The highest BCUT2D eigenvalue weighted by molar-refractivity contribution is 5.76. The summed E-state index contributed by atoms with van der Waals surface area (Å²) in [7, 11) is 0. The van der Waals surface area contributed by atoms with Gasteiger partial charge >= 0.3 is 0 Å². The quantitative estimate of drug-likeness (QED) is 0.426. The lowest BCUT2D eigenvalue weighted by atomic mass is 10.2. The highest BCUT2D eigenvalue weighted by Gasteiger charge is 2.21. The molecule has 7 nitrogen and oxygen atoms in total. The topological polar surface area (TPSA) is 75.9 Å². The predicted molar refractivity (Wildman–Crippen MR) is 103 cm³/mol. The zero-order valence-electron chi connectivity index (χ0n) is 15.1. The minimum absolute atomic E-state index is 0.0882. The third kappa shape index (κ3) is 5.20. The van der Waals surface area contributed by atoms with E-state index in [4.69, 9.17) is 4.74 Å². The molecule has 1 aliphatic rings. The van der Waals surface area contributed by atoms with E-state index in [2.05, 4.69) is 4.90 Å². The van der Waals surface area contributed by atoms with Crippen molar-refractivity contribution in [2.45, 2.75) is 12.8 Å². The van der Waals surface area contributed by atoms with E-state index in [0.29, 0.717) is 32.5 Å². The van der Waals surface area contributed by atoms with E-state index in [1.807, 2.05) is 35.2 Å². The Kier molecular flexibility index (Phi) is 6.25. The molecule has 3 rings (SSSR count). The van der Waals surface area contributed by atoms with Gasteiger partial charge in [0, 0.05) is 50.4 Å². The molecule has 1 amide bonds. The fourth-order valence-corrected chi connectivity index (χ4v) is 3.09. The van der Waals surface area contributed by atoms with Crippen LogP contribution in [0.2, 0.25) is 0 Å². The molecule has 2 aromatic rings. The molecule has 0 bridgehead atoms. The molecule has 27 heavy (non-hydrogen) atoms. The van der Waals surface area contributed by atoms with Gasteiger partial charge in [-0.05, 0) is 30.7 Å². The number of para-hydroxylation sites is 1.